The van der Waals surface area contributed by atoms with E-state index in [1.807, 2.05) is 0 Å². The third-order valence-electron chi connectivity index (χ3n) is 2.68. The molecule has 0 radical (unpaired) electrons. The van der Waals surface area contributed by atoms with Gasteiger partial charge in [-0.2, -0.15) is 0 Å². The highest BCUT2D eigenvalue weighted by molar-refractivity contribution is 4.89. The SMILES string of the molecule is C=C(C)CCC(NC)C(C)CCC. The van der Waals surface area contributed by atoms with E-state index in [0.717, 1.165) is 12.3 Å². The fourth-order valence-electron chi connectivity index (χ4n) is 1.77. The molecule has 0 saturated carbocycles. The van der Waals surface area contributed by atoms with E-state index < -0.39 is 0 Å². The van der Waals surface area contributed by atoms with E-state index in [4.69, 9.17) is 0 Å². The van der Waals surface area contributed by atoms with Crippen molar-refractivity contribution in [1.82, 2.24) is 5.32 Å². The molecule has 0 aliphatic heterocycles. The van der Waals surface area contributed by atoms with Crippen molar-refractivity contribution in [3.05, 3.63) is 12.2 Å². The van der Waals surface area contributed by atoms with Crippen LogP contribution in [0.15, 0.2) is 12.2 Å². The Hall–Kier alpha value is -0.300. The summed E-state index contributed by atoms with van der Waals surface area (Å²) < 4.78 is 0. The smallest absolute Gasteiger partial charge is 0.00927 e. The highest BCUT2D eigenvalue weighted by Gasteiger charge is 2.13. The summed E-state index contributed by atoms with van der Waals surface area (Å²) >= 11 is 0. The lowest BCUT2D eigenvalue weighted by atomic mass is 9.92. The van der Waals surface area contributed by atoms with Gasteiger partial charge in [-0.1, -0.05) is 25.8 Å². The van der Waals surface area contributed by atoms with Crippen LogP contribution in [0.2, 0.25) is 0 Å². The summed E-state index contributed by atoms with van der Waals surface area (Å²) in [5, 5.41) is 3.40. The Balaban J connectivity index is 3.79. The van der Waals surface area contributed by atoms with Crippen LogP contribution in [-0.4, -0.2) is 13.1 Å². The molecule has 0 rings (SSSR count). The fourth-order valence-corrected chi connectivity index (χ4v) is 1.77. The molecular formula is C12H25N. The van der Waals surface area contributed by atoms with Crippen LogP contribution in [0.25, 0.3) is 0 Å². The normalized spacial score (nSPS) is 15.4. The molecule has 0 heterocycles. The standard InChI is InChI=1S/C12H25N/c1-6-7-11(4)12(13-5)9-8-10(2)3/h11-13H,2,6-9H2,1,3-5H3. The molecule has 1 nitrogen and oxygen atoms in total. The molecule has 2 unspecified atom stereocenters. The monoisotopic (exact) mass is 183 g/mol. The van der Waals surface area contributed by atoms with Gasteiger partial charge in [0.15, 0.2) is 0 Å². The zero-order valence-corrected chi connectivity index (χ0v) is 9.69. The van der Waals surface area contributed by atoms with E-state index in [1.54, 1.807) is 0 Å². The fraction of sp³-hybridized carbons (Fsp3) is 0.833. The van der Waals surface area contributed by atoms with E-state index >= 15 is 0 Å². The molecule has 0 amide bonds. The second-order valence-corrected chi connectivity index (χ2v) is 4.16. The first kappa shape index (κ1) is 12.7. The number of allylic oxidation sites excluding steroid dienone is 1. The summed E-state index contributed by atoms with van der Waals surface area (Å²) in [5.41, 5.74) is 1.30. The maximum Gasteiger partial charge on any atom is 0.00927 e. The molecule has 0 aliphatic rings. The van der Waals surface area contributed by atoms with E-state index in [2.05, 4.69) is 39.7 Å². The minimum Gasteiger partial charge on any atom is -0.317 e. The Bertz CT molecular complexity index is 140. The molecule has 0 saturated heterocycles. The molecule has 2 atom stereocenters. The predicted octanol–water partition coefficient (Wildman–Crippen LogP) is 3.37. The minimum atomic E-state index is 0.664. The lowest BCUT2D eigenvalue weighted by Gasteiger charge is -2.23. The molecule has 1 heteroatoms. The Morgan fingerprint density at radius 1 is 1.38 bits per heavy atom. The van der Waals surface area contributed by atoms with Gasteiger partial charge < -0.3 is 5.32 Å². The van der Waals surface area contributed by atoms with Crippen molar-refractivity contribution in [2.24, 2.45) is 5.92 Å². The van der Waals surface area contributed by atoms with Crippen LogP contribution in [0.3, 0.4) is 0 Å². The third kappa shape index (κ3) is 5.87. The van der Waals surface area contributed by atoms with E-state index in [9.17, 15) is 0 Å². The van der Waals surface area contributed by atoms with Crippen LogP contribution >= 0.6 is 0 Å². The quantitative estimate of drug-likeness (QED) is 0.597. The second kappa shape index (κ2) is 7.14. The zero-order valence-electron chi connectivity index (χ0n) is 9.69. The van der Waals surface area contributed by atoms with Gasteiger partial charge in [0, 0.05) is 6.04 Å². The van der Waals surface area contributed by atoms with Crippen LogP contribution in [0.1, 0.15) is 46.5 Å². The van der Waals surface area contributed by atoms with Crippen molar-refractivity contribution in [2.75, 3.05) is 7.05 Å². The average molecular weight is 183 g/mol. The summed E-state index contributed by atoms with van der Waals surface area (Å²) in [5.74, 6) is 0.786. The topological polar surface area (TPSA) is 12.0 Å². The minimum absolute atomic E-state index is 0.664. The van der Waals surface area contributed by atoms with Crippen LogP contribution in [0, 0.1) is 5.92 Å². The van der Waals surface area contributed by atoms with Crippen molar-refractivity contribution in [2.45, 2.75) is 52.5 Å². The highest BCUT2D eigenvalue weighted by Crippen LogP contribution is 2.16. The van der Waals surface area contributed by atoms with E-state index in [-0.39, 0.29) is 0 Å². The lowest BCUT2D eigenvalue weighted by molar-refractivity contribution is 0.355. The molecule has 0 fully saturated rings. The van der Waals surface area contributed by atoms with Crippen molar-refractivity contribution in [1.29, 1.82) is 0 Å². The van der Waals surface area contributed by atoms with Crippen LogP contribution in [0.4, 0.5) is 0 Å². The first-order valence-electron chi connectivity index (χ1n) is 5.43. The van der Waals surface area contributed by atoms with E-state index in [0.29, 0.717) is 6.04 Å². The first-order valence-corrected chi connectivity index (χ1v) is 5.43. The van der Waals surface area contributed by atoms with Crippen LogP contribution < -0.4 is 5.32 Å². The molecular weight excluding hydrogens is 158 g/mol. The Kier molecular flexibility index (Phi) is 6.97. The second-order valence-electron chi connectivity index (χ2n) is 4.16. The Morgan fingerprint density at radius 3 is 2.38 bits per heavy atom. The van der Waals surface area contributed by atoms with Crippen LogP contribution in [0.5, 0.6) is 0 Å². The van der Waals surface area contributed by atoms with Gasteiger partial charge in [0.05, 0.1) is 0 Å². The van der Waals surface area contributed by atoms with Crippen molar-refractivity contribution < 1.29 is 0 Å². The number of hydrogen-bond acceptors (Lipinski definition) is 1. The van der Waals surface area contributed by atoms with Gasteiger partial charge >= 0.3 is 0 Å². The van der Waals surface area contributed by atoms with Gasteiger partial charge in [0.2, 0.25) is 0 Å². The van der Waals surface area contributed by atoms with Gasteiger partial charge in [0.1, 0.15) is 0 Å². The first-order chi connectivity index (χ1) is 6.11. The summed E-state index contributed by atoms with van der Waals surface area (Å²) in [6.07, 6.45) is 4.99. The van der Waals surface area contributed by atoms with Gasteiger partial charge in [-0.05, 0) is 39.2 Å². The van der Waals surface area contributed by atoms with Gasteiger partial charge in [0.25, 0.3) is 0 Å². The summed E-state index contributed by atoms with van der Waals surface area (Å²) in [6, 6.07) is 0.664. The third-order valence-corrected chi connectivity index (χ3v) is 2.68. The number of nitrogens with one attached hydrogen (secondary N) is 1. The largest absolute Gasteiger partial charge is 0.317 e. The van der Waals surface area contributed by atoms with Crippen molar-refractivity contribution in [3.8, 4) is 0 Å². The summed E-state index contributed by atoms with van der Waals surface area (Å²) in [6.45, 7) is 10.6. The molecule has 0 aromatic carbocycles. The number of rotatable bonds is 7. The molecule has 0 aromatic heterocycles. The molecule has 0 bridgehead atoms. The molecule has 0 aromatic rings. The highest BCUT2D eigenvalue weighted by atomic mass is 14.9. The number of hydrogen-bond donors (Lipinski definition) is 1. The molecule has 13 heavy (non-hydrogen) atoms. The van der Waals surface area contributed by atoms with Gasteiger partial charge in [-0.3, -0.25) is 0 Å². The maximum absolute atomic E-state index is 3.94. The van der Waals surface area contributed by atoms with Crippen molar-refractivity contribution in [3.63, 3.8) is 0 Å². The van der Waals surface area contributed by atoms with Gasteiger partial charge in [-0.15, -0.1) is 6.58 Å². The molecule has 1 N–H and O–H groups in total. The van der Waals surface area contributed by atoms with E-state index in [1.165, 1.54) is 24.8 Å². The predicted molar refractivity (Wildman–Crippen MR) is 61.0 cm³/mol. The maximum atomic E-state index is 3.94. The van der Waals surface area contributed by atoms with Gasteiger partial charge in [-0.25, -0.2) is 0 Å². The molecule has 0 spiro atoms. The Morgan fingerprint density at radius 2 is 2.00 bits per heavy atom. The Labute approximate surface area is 83.6 Å². The summed E-state index contributed by atoms with van der Waals surface area (Å²) in [7, 11) is 2.06. The lowest BCUT2D eigenvalue weighted by Crippen LogP contribution is -2.31. The average Bonchev–Trinajstić information content (AvgIpc) is 2.05. The van der Waals surface area contributed by atoms with Crippen LogP contribution in [-0.2, 0) is 0 Å². The summed E-state index contributed by atoms with van der Waals surface area (Å²) in [4.78, 5) is 0. The zero-order chi connectivity index (χ0) is 10.3. The van der Waals surface area contributed by atoms with Crippen molar-refractivity contribution >= 4 is 0 Å². The molecule has 0 aliphatic carbocycles. The molecule has 78 valence electrons.